The normalized spacial score (nSPS) is 16.2. The lowest BCUT2D eigenvalue weighted by atomic mass is 9.84. The molecule has 2 rings (SSSR count). The van der Waals surface area contributed by atoms with E-state index in [-0.39, 0.29) is 36.5 Å². The van der Waals surface area contributed by atoms with Crippen LogP contribution >= 0.6 is 12.4 Å². The van der Waals surface area contributed by atoms with Crippen molar-refractivity contribution in [1.82, 2.24) is 5.32 Å². The van der Waals surface area contributed by atoms with Crippen molar-refractivity contribution in [2.24, 2.45) is 11.7 Å². The van der Waals surface area contributed by atoms with Crippen LogP contribution in [0.25, 0.3) is 0 Å². The van der Waals surface area contributed by atoms with E-state index >= 15 is 0 Å². The molecule has 0 bridgehead atoms. The van der Waals surface area contributed by atoms with Crippen molar-refractivity contribution < 1.29 is 9.72 Å². The maximum absolute atomic E-state index is 12.1. The average Bonchev–Trinajstić information content (AvgIpc) is 2.54. The van der Waals surface area contributed by atoms with Crippen molar-refractivity contribution in [3.63, 3.8) is 0 Å². The third-order valence-electron chi connectivity index (χ3n) is 4.33. The van der Waals surface area contributed by atoms with Gasteiger partial charge in [0.05, 0.1) is 11.3 Å². The lowest BCUT2D eigenvalue weighted by Crippen LogP contribution is -2.46. The van der Waals surface area contributed by atoms with Crippen LogP contribution in [0, 0.1) is 16.0 Å². The van der Waals surface area contributed by atoms with E-state index in [1.807, 2.05) is 0 Å². The van der Waals surface area contributed by atoms with E-state index < -0.39 is 4.92 Å². The molecule has 1 aromatic rings. The number of nitro benzene ring substituents is 1. The van der Waals surface area contributed by atoms with E-state index in [1.165, 1.54) is 31.4 Å². The van der Waals surface area contributed by atoms with Crippen LogP contribution in [0.15, 0.2) is 24.3 Å². The van der Waals surface area contributed by atoms with Gasteiger partial charge in [0.2, 0.25) is 5.91 Å². The zero-order valence-corrected chi connectivity index (χ0v) is 13.9. The van der Waals surface area contributed by atoms with Gasteiger partial charge in [-0.05, 0) is 24.3 Å². The molecule has 1 aromatic carbocycles. The Bertz CT molecular complexity index is 516. The van der Waals surface area contributed by atoms with Crippen molar-refractivity contribution in [2.75, 3.05) is 6.54 Å². The first kappa shape index (κ1) is 19.4. The van der Waals surface area contributed by atoms with Gasteiger partial charge in [-0.1, -0.05) is 31.4 Å². The second kappa shape index (κ2) is 9.47. The van der Waals surface area contributed by atoms with Gasteiger partial charge in [0, 0.05) is 24.7 Å². The summed E-state index contributed by atoms with van der Waals surface area (Å²) in [6.45, 7) is 0.455. The minimum absolute atomic E-state index is 0. The molecule has 1 atom stereocenters. The van der Waals surface area contributed by atoms with E-state index in [0.717, 1.165) is 18.4 Å². The molecule has 128 valence electrons. The summed E-state index contributed by atoms with van der Waals surface area (Å²) in [5.74, 6) is 0.398. The minimum Gasteiger partial charge on any atom is -0.352 e. The van der Waals surface area contributed by atoms with Crippen molar-refractivity contribution >= 4 is 24.0 Å². The Labute approximate surface area is 142 Å². The Hall–Kier alpha value is -1.66. The predicted octanol–water partition coefficient (Wildman–Crippen LogP) is 2.58. The zero-order chi connectivity index (χ0) is 15.9. The number of nitrogens with two attached hydrogens (primary N) is 1. The summed E-state index contributed by atoms with van der Waals surface area (Å²) in [6.07, 6.45) is 6.16. The lowest BCUT2D eigenvalue weighted by Gasteiger charge is -2.30. The number of halogens is 1. The van der Waals surface area contributed by atoms with Crippen LogP contribution in [0.4, 0.5) is 5.69 Å². The fourth-order valence-electron chi connectivity index (χ4n) is 3.08. The highest BCUT2D eigenvalue weighted by Crippen LogP contribution is 2.26. The van der Waals surface area contributed by atoms with Crippen molar-refractivity contribution in [1.29, 1.82) is 0 Å². The van der Waals surface area contributed by atoms with E-state index in [4.69, 9.17) is 5.73 Å². The molecule has 0 radical (unpaired) electrons. The number of hydrogen-bond acceptors (Lipinski definition) is 4. The van der Waals surface area contributed by atoms with Crippen LogP contribution in [-0.2, 0) is 11.2 Å². The van der Waals surface area contributed by atoms with Gasteiger partial charge in [0.25, 0.3) is 5.69 Å². The summed E-state index contributed by atoms with van der Waals surface area (Å²) >= 11 is 0. The standard InChI is InChI=1S/C16H23N3O3.ClH/c17-11-15(13-4-2-1-3-5-13)18-16(20)10-12-6-8-14(9-7-12)19(21)22;/h6-9,13,15H,1-5,10-11,17H2,(H,18,20);1H. The Morgan fingerprint density at radius 1 is 1.26 bits per heavy atom. The molecule has 0 saturated heterocycles. The summed E-state index contributed by atoms with van der Waals surface area (Å²) in [5, 5.41) is 13.6. The molecule has 1 aliphatic carbocycles. The Morgan fingerprint density at radius 3 is 2.39 bits per heavy atom. The number of non-ortho nitro benzene ring substituents is 1. The smallest absolute Gasteiger partial charge is 0.269 e. The summed E-state index contributed by atoms with van der Waals surface area (Å²) < 4.78 is 0. The summed E-state index contributed by atoms with van der Waals surface area (Å²) in [4.78, 5) is 22.3. The number of benzene rings is 1. The average molecular weight is 342 g/mol. The summed E-state index contributed by atoms with van der Waals surface area (Å²) in [5.41, 5.74) is 6.61. The molecule has 1 unspecified atom stereocenters. The number of rotatable bonds is 6. The van der Waals surface area contributed by atoms with Gasteiger partial charge in [-0.3, -0.25) is 14.9 Å². The van der Waals surface area contributed by atoms with Crippen LogP contribution in [0.1, 0.15) is 37.7 Å². The number of carbonyl (C=O) groups excluding carboxylic acids is 1. The van der Waals surface area contributed by atoms with Crippen molar-refractivity contribution in [2.45, 2.75) is 44.6 Å². The fourth-order valence-corrected chi connectivity index (χ4v) is 3.08. The maximum atomic E-state index is 12.1. The van der Waals surface area contributed by atoms with Gasteiger partial charge >= 0.3 is 0 Å². The first-order valence-corrected chi connectivity index (χ1v) is 7.83. The number of hydrogen-bond donors (Lipinski definition) is 2. The van der Waals surface area contributed by atoms with E-state index in [0.29, 0.717) is 12.5 Å². The highest BCUT2D eigenvalue weighted by Gasteiger charge is 2.23. The van der Waals surface area contributed by atoms with Crippen LogP contribution < -0.4 is 11.1 Å². The van der Waals surface area contributed by atoms with Crippen LogP contribution in [0.3, 0.4) is 0 Å². The molecule has 7 heteroatoms. The molecule has 0 aliphatic heterocycles. The minimum atomic E-state index is -0.447. The first-order chi connectivity index (χ1) is 10.6. The summed E-state index contributed by atoms with van der Waals surface area (Å²) in [7, 11) is 0. The second-order valence-electron chi connectivity index (χ2n) is 5.91. The molecule has 23 heavy (non-hydrogen) atoms. The van der Waals surface area contributed by atoms with Crippen LogP contribution in [0.5, 0.6) is 0 Å². The van der Waals surface area contributed by atoms with E-state index in [9.17, 15) is 14.9 Å². The van der Waals surface area contributed by atoms with Crippen LogP contribution in [0.2, 0.25) is 0 Å². The molecule has 3 N–H and O–H groups in total. The number of amides is 1. The summed E-state index contributed by atoms with van der Waals surface area (Å²) in [6, 6.07) is 6.12. The molecular formula is C16H24ClN3O3. The topological polar surface area (TPSA) is 98.3 Å². The largest absolute Gasteiger partial charge is 0.352 e. The van der Waals surface area contributed by atoms with Crippen LogP contribution in [-0.4, -0.2) is 23.4 Å². The molecule has 6 nitrogen and oxygen atoms in total. The van der Waals surface area contributed by atoms with Gasteiger partial charge in [0.1, 0.15) is 0 Å². The quantitative estimate of drug-likeness (QED) is 0.613. The molecule has 0 aromatic heterocycles. The van der Waals surface area contributed by atoms with Gasteiger partial charge in [-0.15, -0.1) is 12.4 Å². The Kier molecular flexibility index (Phi) is 7.98. The second-order valence-corrected chi connectivity index (χ2v) is 5.91. The third kappa shape index (κ3) is 5.80. The Morgan fingerprint density at radius 2 is 1.87 bits per heavy atom. The zero-order valence-electron chi connectivity index (χ0n) is 13.1. The molecule has 1 aliphatic rings. The number of nitrogens with zero attached hydrogens (tertiary/aromatic N) is 1. The van der Waals surface area contributed by atoms with Gasteiger partial charge in [-0.2, -0.15) is 0 Å². The predicted molar refractivity (Wildman–Crippen MR) is 91.6 cm³/mol. The maximum Gasteiger partial charge on any atom is 0.269 e. The number of nitrogens with one attached hydrogen (secondary N) is 1. The SMILES string of the molecule is Cl.NCC(NC(=O)Cc1ccc([N+](=O)[O-])cc1)C1CCCCC1. The van der Waals surface area contributed by atoms with E-state index in [2.05, 4.69) is 5.32 Å². The Balaban J connectivity index is 0.00000264. The third-order valence-corrected chi connectivity index (χ3v) is 4.33. The molecule has 1 amide bonds. The molecule has 0 heterocycles. The molecular weight excluding hydrogens is 318 g/mol. The van der Waals surface area contributed by atoms with E-state index in [1.54, 1.807) is 12.1 Å². The molecule has 1 fully saturated rings. The lowest BCUT2D eigenvalue weighted by molar-refractivity contribution is -0.384. The fraction of sp³-hybridized carbons (Fsp3) is 0.562. The highest BCUT2D eigenvalue weighted by atomic mass is 35.5. The van der Waals surface area contributed by atoms with Crippen molar-refractivity contribution in [3.05, 3.63) is 39.9 Å². The molecule has 1 saturated carbocycles. The van der Waals surface area contributed by atoms with Gasteiger partial charge < -0.3 is 11.1 Å². The van der Waals surface area contributed by atoms with Gasteiger partial charge in [0.15, 0.2) is 0 Å². The number of carbonyl (C=O) groups is 1. The molecule has 0 spiro atoms. The first-order valence-electron chi connectivity index (χ1n) is 7.83. The highest BCUT2D eigenvalue weighted by molar-refractivity contribution is 5.85. The van der Waals surface area contributed by atoms with Gasteiger partial charge in [-0.25, -0.2) is 0 Å². The number of nitro groups is 1. The monoisotopic (exact) mass is 341 g/mol. The van der Waals surface area contributed by atoms with Crippen molar-refractivity contribution in [3.8, 4) is 0 Å².